The molecule has 5 heteroatoms. The molecule has 1 atom stereocenters. The molecule has 2 N–H and O–H groups in total. The van der Waals surface area contributed by atoms with Gasteiger partial charge in [-0.2, -0.15) is 0 Å². The second-order valence-corrected chi connectivity index (χ2v) is 3.90. The molecule has 1 aromatic carbocycles. The van der Waals surface area contributed by atoms with E-state index in [1.54, 1.807) is 19.1 Å². The fraction of sp³-hybridized carbons (Fsp3) is 0.333. The van der Waals surface area contributed by atoms with Gasteiger partial charge in [-0.15, -0.1) is 0 Å². The van der Waals surface area contributed by atoms with Crippen molar-refractivity contribution in [2.45, 2.75) is 19.9 Å². The molecule has 0 bridgehead atoms. The van der Waals surface area contributed by atoms with Gasteiger partial charge in [-0.05, 0) is 25.5 Å². The first-order chi connectivity index (χ1) is 7.86. The highest BCUT2D eigenvalue weighted by Gasteiger charge is 2.24. The molecule has 5 nitrogen and oxygen atoms in total. The fourth-order valence-corrected chi connectivity index (χ4v) is 1.36. The van der Waals surface area contributed by atoms with Crippen molar-refractivity contribution >= 4 is 11.9 Å². The average molecular weight is 237 g/mol. The third-order valence-electron chi connectivity index (χ3n) is 2.73. The summed E-state index contributed by atoms with van der Waals surface area (Å²) in [5, 5.41) is 18.6. The van der Waals surface area contributed by atoms with Gasteiger partial charge in [0.25, 0.3) is 5.91 Å². The number of aromatic hydroxyl groups is 1. The zero-order valence-electron chi connectivity index (χ0n) is 9.97. The molecule has 0 saturated heterocycles. The third kappa shape index (κ3) is 2.55. The van der Waals surface area contributed by atoms with E-state index >= 15 is 0 Å². The number of hydrogen-bond acceptors (Lipinski definition) is 3. The summed E-state index contributed by atoms with van der Waals surface area (Å²) in [5.41, 5.74) is 0.688. The number of likely N-dealkylation sites (N-methyl/N-ethyl adjacent to an activating group) is 1. The fourth-order valence-electron chi connectivity index (χ4n) is 1.36. The molecule has 17 heavy (non-hydrogen) atoms. The van der Waals surface area contributed by atoms with Crippen LogP contribution in [0.5, 0.6) is 5.75 Å². The molecule has 1 aromatic rings. The van der Waals surface area contributed by atoms with Crippen LogP contribution in [0.3, 0.4) is 0 Å². The number of rotatable bonds is 3. The van der Waals surface area contributed by atoms with Gasteiger partial charge in [0, 0.05) is 7.05 Å². The van der Waals surface area contributed by atoms with E-state index in [1.807, 2.05) is 0 Å². The smallest absolute Gasteiger partial charge is 0.326 e. The number of carbonyl (C=O) groups is 2. The van der Waals surface area contributed by atoms with E-state index in [2.05, 4.69) is 0 Å². The van der Waals surface area contributed by atoms with Gasteiger partial charge in [0.15, 0.2) is 0 Å². The minimum Gasteiger partial charge on any atom is -0.507 e. The first kappa shape index (κ1) is 13.0. The van der Waals surface area contributed by atoms with E-state index in [9.17, 15) is 14.7 Å². The van der Waals surface area contributed by atoms with Gasteiger partial charge < -0.3 is 15.1 Å². The molecule has 0 aliphatic rings. The number of carboxylic acid groups (broad SMARTS) is 1. The number of phenols is 1. The first-order valence-electron chi connectivity index (χ1n) is 5.14. The second kappa shape index (κ2) is 4.86. The molecular formula is C12H15NO4. The van der Waals surface area contributed by atoms with E-state index in [4.69, 9.17) is 5.11 Å². The van der Waals surface area contributed by atoms with Gasteiger partial charge in [0.2, 0.25) is 0 Å². The predicted molar refractivity (Wildman–Crippen MR) is 62.0 cm³/mol. The van der Waals surface area contributed by atoms with Gasteiger partial charge in [-0.1, -0.05) is 12.1 Å². The third-order valence-corrected chi connectivity index (χ3v) is 2.73. The lowest BCUT2D eigenvalue weighted by molar-refractivity contribution is -0.141. The highest BCUT2D eigenvalue weighted by Crippen LogP contribution is 2.23. The monoisotopic (exact) mass is 237 g/mol. The number of benzene rings is 1. The summed E-state index contributed by atoms with van der Waals surface area (Å²) in [7, 11) is 1.39. The summed E-state index contributed by atoms with van der Waals surface area (Å²) >= 11 is 0. The number of amides is 1. The maximum atomic E-state index is 12.0. The Kier molecular flexibility index (Phi) is 3.73. The maximum Gasteiger partial charge on any atom is 0.326 e. The Bertz CT molecular complexity index is 456. The Labute approximate surface area is 99.3 Å². The minimum atomic E-state index is -1.09. The Morgan fingerprint density at radius 1 is 1.35 bits per heavy atom. The molecule has 0 aliphatic heterocycles. The number of aryl methyl sites for hydroxylation is 1. The summed E-state index contributed by atoms with van der Waals surface area (Å²) in [5.74, 6) is -1.71. The zero-order valence-corrected chi connectivity index (χ0v) is 9.97. The molecule has 1 amide bonds. The van der Waals surface area contributed by atoms with Gasteiger partial charge >= 0.3 is 5.97 Å². The zero-order chi connectivity index (χ0) is 13.2. The van der Waals surface area contributed by atoms with Crippen molar-refractivity contribution in [1.29, 1.82) is 0 Å². The largest absolute Gasteiger partial charge is 0.507 e. The molecule has 1 rings (SSSR count). The van der Waals surface area contributed by atoms with Crippen LogP contribution < -0.4 is 0 Å². The molecule has 0 aliphatic carbocycles. The predicted octanol–water partition coefficient (Wildman–Crippen LogP) is 1.25. The van der Waals surface area contributed by atoms with E-state index in [1.165, 1.54) is 20.0 Å². The van der Waals surface area contributed by atoms with Crippen molar-refractivity contribution in [3.8, 4) is 5.75 Å². The number of hydrogen-bond donors (Lipinski definition) is 2. The topological polar surface area (TPSA) is 77.8 Å². The van der Waals surface area contributed by atoms with Crippen LogP contribution in [0.1, 0.15) is 22.8 Å². The van der Waals surface area contributed by atoms with Crippen molar-refractivity contribution < 1.29 is 19.8 Å². The normalized spacial score (nSPS) is 11.9. The van der Waals surface area contributed by atoms with Gasteiger partial charge in [0.1, 0.15) is 11.8 Å². The Morgan fingerprint density at radius 2 is 1.94 bits per heavy atom. The summed E-state index contributed by atoms with van der Waals surface area (Å²) in [6, 6.07) is 3.84. The van der Waals surface area contributed by atoms with Gasteiger partial charge in [0.05, 0.1) is 5.56 Å². The van der Waals surface area contributed by atoms with E-state index < -0.39 is 17.9 Å². The maximum absolute atomic E-state index is 12.0. The van der Waals surface area contributed by atoms with Crippen molar-refractivity contribution in [3.63, 3.8) is 0 Å². The van der Waals surface area contributed by atoms with Crippen molar-refractivity contribution in [1.82, 2.24) is 4.90 Å². The van der Waals surface area contributed by atoms with E-state index in [0.717, 1.165) is 4.90 Å². The van der Waals surface area contributed by atoms with Gasteiger partial charge in [-0.3, -0.25) is 4.79 Å². The minimum absolute atomic E-state index is 0.109. The molecule has 0 radical (unpaired) electrons. The van der Waals surface area contributed by atoms with Crippen LogP contribution in [0, 0.1) is 6.92 Å². The molecule has 92 valence electrons. The van der Waals surface area contributed by atoms with Crippen molar-refractivity contribution in [3.05, 3.63) is 29.3 Å². The molecule has 0 spiro atoms. The van der Waals surface area contributed by atoms with Crippen LogP contribution in [0.25, 0.3) is 0 Å². The number of phenolic OH excluding ortho intramolecular Hbond substituents is 1. The quantitative estimate of drug-likeness (QED) is 0.829. The van der Waals surface area contributed by atoms with Crippen molar-refractivity contribution in [2.24, 2.45) is 0 Å². The number of aliphatic carboxylic acids is 1. The molecule has 0 aromatic heterocycles. The SMILES string of the molecule is Cc1cccc(C(=O)N(C)C(C)C(=O)O)c1O. The molecule has 0 fully saturated rings. The molecular weight excluding hydrogens is 222 g/mol. The Morgan fingerprint density at radius 3 is 2.47 bits per heavy atom. The number of para-hydroxylation sites is 1. The summed E-state index contributed by atoms with van der Waals surface area (Å²) in [4.78, 5) is 23.8. The highest BCUT2D eigenvalue weighted by atomic mass is 16.4. The highest BCUT2D eigenvalue weighted by molar-refractivity contribution is 5.98. The average Bonchev–Trinajstić information content (AvgIpc) is 2.29. The molecule has 1 unspecified atom stereocenters. The van der Waals surface area contributed by atoms with Crippen LogP contribution >= 0.6 is 0 Å². The lowest BCUT2D eigenvalue weighted by Crippen LogP contribution is -2.40. The lowest BCUT2D eigenvalue weighted by atomic mass is 10.1. The number of carboxylic acids is 1. The number of nitrogens with zero attached hydrogens (tertiary/aromatic N) is 1. The summed E-state index contributed by atoms with van der Waals surface area (Å²) in [6.07, 6.45) is 0. The molecule has 0 saturated carbocycles. The number of carbonyl (C=O) groups excluding carboxylic acids is 1. The van der Waals surface area contributed by atoms with Crippen LogP contribution in [-0.4, -0.2) is 40.1 Å². The first-order valence-corrected chi connectivity index (χ1v) is 5.14. The van der Waals surface area contributed by atoms with E-state index in [0.29, 0.717) is 5.56 Å². The van der Waals surface area contributed by atoms with Crippen molar-refractivity contribution in [2.75, 3.05) is 7.05 Å². The standard InChI is InChI=1S/C12H15NO4/c1-7-5-4-6-9(10(7)14)11(15)13(3)8(2)12(16)17/h4-6,8,14H,1-3H3,(H,16,17). The Hall–Kier alpha value is -2.04. The van der Waals surface area contributed by atoms with Crippen LogP contribution in [0.15, 0.2) is 18.2 Å². The Balaban J connectivity index is 3.05. The van der Waals surface area contributed by atoms with E-state index in [-0.39, 0.29) is 11.3 Å². The molecule has 0 heterocycles. The summed E-state index contributed by atoms with van der Waals surface area (Å²) < 4.78 is 0. The van der Waals surface area contributed by atoms with Crippen LogP contribution in [0.2, 0.25) is 0 Å². The second-order valence-electron chi connectivity index (χ2n) is 3.90. The summed E-state index contributed by atoms with van der Waals surface area (Å²) in [6.45, 7) is 3.08. The van der Waals surface area contributed by atoms with Crippen LogP contribution in [0.4, 0.5) is 0 Å². The lowest BCUT2D eigenvalue weighted by Gasteiger charge is -2.22. The van der Waals surface area contributed by atoms with Gasteiger partial charge in [-0.25, -0.2) is 4.79 Å². The van der Waals surface area contributed by atoms with Crippen LogP contribution in [-0.2, 0) is 4.79 Å².